The van der Waals surface area contributed by atoms with Gasteiger partial charge in [-0.05, 0) is 66.6 Å². The summed E-state index contributed by atoms with van der Waals surface area (Å²) in [5.41, 5.74) is 6.30. The van der Waals surface area contributed by atoms with Gasteiger partial charge in [0.15, 0.2) is 0 Å². The highest BCUT2D eigenvalue weighted by molar-refractivity contribution is 7.17. The standard InChI is InChI=1S/C42H42FN5O5S/c1-3-37(49)48-12-10-34-29(26-48)22-28(25-44-34)39-38-31-9-7-30(43)24-36(31)53-20-19-51-17-4-5-18-52-35-23-27(42(50)47-15-13-46(2)14-16-47)6-8-32(35)40(45-39)33-11-21-54-41(33)38/h3-9,11,21-24,28H,1,10,12-20,25-26H2,2H3/b5-4+. The molecule has 1 atom stereocenters. The molecule has 278 valence electrons. The van der Waals surface area contributed by atoms with E-state index in [0.29, 0.717) is 80.7 Å². The zero-order valence-electron chi connectivity index (χ0n) is 30.3. The summed E-state index contributed by atoms with van der Waals surface area (Å²) >= 11 is 1.58. The molecule has 10 nitrogen and oxygen atoms in total. The number of likely N-dealkylation sites (N-methyl/N-ethyl adjacent to an activating group) is 1. The topological polar surface area (TPSA) is 96.8 Å². The number of aromatic nitrogens is 1. The lowest BCUT2D eigenvalue weighted by atomic mass is 9.87. The third-order valence-electron chi connectivity index (χ3n) is 10.4. The van der Waals surface area contributed by atoms with Gasteiger partial charge in [-0.25, -0.2) is 4.39 Å². The third kappa shape index (κ3) is 7.21. The van der Waals surface area contributed by atoms with Crippen molar-refractivity contribution in [1.29, 1.82) is 0 Å². The zero-order chi connectivity index (χ0) is 37.2. The van der Waals surface area contributed by atoms with Gasteiger partial charge in [-0.15, -0.1) is 11.3 Å². The van der Waals surface area contributed by atoms with Crippen LogP contribution >= 0.6 is 11.3 Å². The van der Waals surface area contributed by atoms with E-state index in [0.717, 1.165) is 51.3 Å². The lowest BCUT2D eigenvalue weighted by Gasteiger charge is -2.32. The van der Waals surface area contributed by atoms with Gasteiger partial charge in [0, 0.05) is 95.7 Å². The number of piperazine rings is 1. The first-order valence-electron chi connectivity index (χ1n) is 18.3. The fraction of sp³-hybridized carbons (Fsp3) is 0.333. The van der Waals surface area contributed by atoms with Gasteiger partial charge >= 0.3 is 0 Å². The van der Waals surface area contributed by atoms with Crippen LogP contribution in [-0.4, -0.2) is 116 Å². The SMILES string of the molecule is C=CC(=O)N1CCC2=NCC(c3nc4c5ccsc5c3-c3ccc(F)cc3OCCOC/C=C/COc3cc(C(=O)N5CCN(C)CC5)ccc3-4)C=C2C1. The predicted octanol–water partition coefficient (Wildman–Crippen LogP) is 6.38. The molecule has 2 bridgehead atoms. The molecule has 4 aliphatic rings. The summed E-state index contributed by atoms with van der Waals surface area (Å²) in [7, 11) is 2.07. The van der Waals surface area contributed by atoms with Crippen LogP contribution in [0.5, 0.6) is 11.5 Å². The predicted molar refractivity (Wildman–Crippen MR) is 209 cm³/mol. The summed E-state index contributed by atoms with van der Waals surface area (Å²) in [5.74, 6) is 0.116. The number of thiophene rings is 1. The molecular weight excluding hydrogens is 706 g/mol. The number of likely N-dealkylation sites (tertiary alicyclic amines) is 1. The molecule has 2 aromatic heterocycles. The first-order chi connectivity index (χ1) is 26.4. The number of ether oxygens (including phenoxy) is 3. The van der Waals surface area contributed by atoms with Crippen LogP contribution in [0.2, 0.25) is 0 Å². The van der Waals surface area contributed by atoms with Crippen LogP contribution in [0, 0.1) is 5.82 Å². The molecule has 4 aromatic rings. The summed E-state index contributed by atoms with van der Waals surface area (Å²) in [6.07, 6.45) is 7.97. The molecule has 2 saturated heterocycles. The van der Waals surface area contributed by atoms with Gasteiger partial charge in [-0.2, -0.15) is 0 Å². The van der Waals surface area contributed by atoms with Gasteiger partial charge in [0.1, 0.15) is 30.5 Å². The Morgan fingerprint density at radius 3 is 2.61 bits per heavy atom. The Morgan fingerprint density at radius 1 is 0.944 bits per heavy atom. The van der Waals surface area contributed by atoms with Crippen LogP contribution in [0.3, 0.4) is 0 Å². The van der Waals surface area contributed by atoms with Crippen molar-refractivity contribution < 1.29 is 28.2 Å². The Morgan fingerprint density at radius 2 is 1.76 bits per heavy atom. The van der Waals surface area contributed by atoms with Crippen molar-refractivity contribution in [2.75, 3.05) is 79.3 Å². The van der Waals surface area contributed by atoms with Crippen molar-refractivity contribution in [3.05, 3.63) is 101 Å². The molecule has 54 heavy (non-hydrogen) atoms. The number of hydrogen-bond acceptors (Lipinski definition) is 9. The van der Waals surface area contributed by atoms with Crippen molar-refractivity contribution in [1.82, 2.24) is 19.7 Å². The van der Waals surface area contributed by atoms with E-state index in [9.17, 15) is 14.0 Å². The van der Waals surface area contributed by atoms with Crippen LogP contribution in [-0.2, 0) is 9.53 Å². The minimum Gasteiger partial charge on any atom is -0.490 e. The molecule has 2 fully saturated rings. The zero-order valence-corrected chi connectivity index (χ0v) is 31.1. The Bertz CT molecular complexity index is 2200. The maximum Gasteiger partial charge on any atom is 0.254 e. The van der Waals surface area contributed by atoms with Gasteiger partial charge in [0.2, 0.25) is 5.91 Å². The van der Waals surface area contributed by atoms with E-state index >= 15 is 0 Å². The highest BCUT2D eigenvalue weighted by Gasteiger charge is 2.31. The lowest BCUT2D eigenvalue weighted by molar-refractivity contribution is -0.125. The number of rotatable bonds is 3. The largest absolute Gasteiger partial charge is 0.490 e. The fourth-order valence-corrected chi connectivity index (χ4v) is 8.45. The third-order valence-corrected chi connectivity index (χ3v) is 11.3. The quantitative estimate of drug-likeness (QED) is 0.177. The number of dihydropyridines is 1. The minimum atomic E-state index is -0.409. The number of amides is 2. The molecule has 6 heterocycles. The minimum absolute atomic E-state index is 0.0330. The lowest BCUT2D eigenvalue weighted by Crippen LogP contribution is -2.47. The highest BCUT2D eigenvalue weighted by atomic mass is 32.1. The second kappa shape index (κ2) is 15.7. The molecule has 2 aromatic carbocycles. The molecule has 2 amide bonds. The molecule has 0 saturated carbocycles. The Balaban J connectivity index is 1.31. The normalized spacial score (nSPS) is 20.0. The number of hydrogen-bond donors (Lipinski definition) is 0. The number of carbonyl (C=O) groups excluding carboxylic acids is 2. The molecule has 0 spiro atoms. The van der Waals surface area contributed by atoms with E-state index < -0.39 is 5.82 Å². The van der Waals surface area contributed by atoms with Gasteiger partial charge in [0.25, 0.3) is 5.91 Å². The maximum atomic E-state index is 14.9. The highest BCUT2D eigenvalue weighted by Crippen LogP contribution is 2.47. The number of piperidine rings is 1. The Kier molecular flexibility index (Phi) is 10.4. The van der Waals surface area contributed by atoms with Crippen LogP contribution in [0.25, 0.3) is 32.5 Å². The Labute approximate surface area is 317 Å². The van der Waals surface area contributed by atoms with Gasteiger partial charge in [-0.3, -0.25) is 19.6 Å². The average molecular weight is 748 g/mol. The van der Waals surface area contributed by atoms with Crippen LogP contribution < -0.4 is 9.47 Å². The molecule has 1 unspecified atom stereocenters. The summed E-state index contributed by atoms with van der Waals surface area (Å²) < 4.78 is 34.3. The first kappa shape index (κ1) is 35.8. The number of pyridine rings is 1. The van der Waals surface area contributed by atoms with E-state index in [1.165, 1.54) is 18.2 Å². The second-order valence-electron chi connectivity index (χ2n) is 13.8. The molecule has 0 aliphatic carbocycles. The van der Waals surface area contributed by atoms with Gasteiger partial charge in [-0.1, -0.05) is 18.7 Å². The number of halogens is 1. The van der Waals surface area contributed by atoms with E-state index in [1.807, 2.05) is 46.7 Å². The molecular formula is C42H42FN5O5S. The fourth-order valence-electron chi connectivity index (χ4n) is 7.49. The molecule has 4 aliphatic heterocycles. The first-order valence-corrected chi connectivity index (χ1v) is 19.2. The number of benzene rings is 2. The van der Waals surface area contributed by atoms with Crippen molar-refractivity contribution in [2.24, 2.45) is 4.99 Å². The number of nitrogens with zero attached hydrogens (tertiary/aromatic N) is 5. The van der Waals surface area contributed by atoms with Crippen molar-refractivity contribution in [3.63, 3.8) is 0 Å². The summed E-state index contributed by atoms with van der Waals surface area (Å²) in [6.45, 7) is 9.26. The van der Waals surface area contributed by atoms with Gasteiger partial charge in [0.05, 0.1) is 31.1 Å². The molecule has 0 radical (unpaired) electrons. The Hall–Kier alpha value is -5.17. The van der Waals surface area contributed by atoms with Crippen LogP contribution in [0.4, 0.5) is 4.39 Å². The average Bonchev–Trinajstić information content (AvgIpc) is 3.69. The van der Waals surface area contributed by atoms with E-state index in [-0.39, 0.29) is 30.9 Å². The summed E-state index contributed by atoms with van der Waals surface area (Å²) in [5, 5.41) is 2.93. The number of fused-ring (bicyclic) bond motifs is 5. The number of aliphatic imine (C=N–C) groups is 1. The monoisotopic (exact) mass is 747 g/mol. The molecule has 8 rings (SSSR count). The van der Waals surface area contributed by atoms with E-state index in [4.69, 9.17) is 24.2 Å². The molecule has 0 N–H and O–H groups in total. The number of carbonyl (C=O) groups is 2. The summed E-state index contributed by atoms with van der Waals surface area (Å²) in [4.78, 5) is 42.8. The maximum absolute atomic E-state index is 14.9. The second-order valence-corrected chi connectivity index (χ2v) is 14.8. The van der Waals surface area contributed by atoms with E-state index in [1.54, 1.807) is 22.3 Å². The summed E-state index contributed by atoms with van der Waals surface area (Å²) in [6, 6.07) is 12.3. The van der Waals surface area contributed by atoms with Crippen LogP contribution in [0.1, 0.15) is 28.4 Å². The van der Waals surface area contributed by atoms with Gasteiger partial charge < -0.3 is 28.9 Å². The van der Waals surface area contributed by atoms with Crippen molar-refractivity contribution in [2.45, 2.75) is 12.3 Å². The smallest absolute Gasteiger partial charge is 0.254 e. The molecule has 12 heteroatoms. The van der Waals surface area contributed by atoms with Crippen molar-refractivity contribution in [3.8, 4) is 33.9 Å². The van der Waals surface area contributed by atoms with Crippen molar-refractivity contribution >= 4 is 38.9 Å². The van der Waals surface area contributed by atoms with Crippen LogP contribution in [0.15, 0.2) is 89.3 Å². The van der Waals surface area contributed by atoms with E-state index in [2.05, 4.69) is 24.6 Å².